The van der Waals surface area contributed by atoms with E-state index in [1.807, 2.05) is 31.5 Å². The van der Waals surface area contributed by atoms with Crippen LogP contribution >= 0.6 is 11.9 Å². The fraction of sp³-hybridized carbons (Fsp3) is 0.409. The number of rotatable bonds is 10. The fourth-order valence-electron chi connectivity index (χ4n) is 2.98. The first-order valence-corrected chi connectivity index (χ1v) is 11.0. The van der Waals surface area contributed by atoms with Gasteiger partial charge in [0.2, 0.25) is 5.95 Å². The Morgan fingerprint density at radius 2 is 1.87 bits per heavy atom. The van der Waals surface area contributed by atoms with Crippen molar-refractivity contribution in [2.45, 2.75) is 44.8 Å². The minimum absolute atomic E-state index is 0.0330. The molecule has 31 heavy (non-hydrogen) atoms. The highest BCUT2D eigenvalue weighted by Gasteiger charge is 2.19. The Balaban J connectivity index is 2.52. The van der Waals surface area contributed by atoms with Gasteiger partial charge in [-0.1, -0.05) is 37.9 Å². The smallest absolute Gasteiger partial charge is 0.305 e. The van der Waals surface area contributed by atoms with Crippen molar-refractivity contribution in [3.8, 4) is 11.3 Å². The van der Waals surface area contributed by atoms with Crippen molar-refractivity contribution in [3.05, 3.63) is 47.4 Å². The van der Waals surface area contributed by atoms with Gasteiger partial charge < -0.3 is 15.3 Å². The zero-order valence-electron chi connectivity index (χ0n) is 18.0. The number of anilines is 1. The van der Waals surface area contributed by atoms with Crippen molar-refractivity contribution in [1.29, 1.82) is 0 Å². The third-order valence-corrected chi connectivity index (χ3v) is 5.30. The first-order valence-electron chi connectivity index (χ1n) is 9.84. The molecule has 0 aliphatic heterocycles. The largest absolute Gasteiger partial charge is 0.481 e. The maximum absolute atomic E-state index is 13.5. The molecule has 0 saturated heterocycles. The van der Waals surface area contributed by atoms with Crippen LogP contribution in [0.3, 0.4) is 0 Å². The minimum atomic E-state index is -1.16. The lowest BCUT2D eigenvalue weighted by Gasteiger charge is -2.20. The Bertz CT molecular complexity index is 922. The van der Waals surface area contributed by atoms with Gasteiger partial charge in [-0.15, -0.1) is 0 Å². The maximum Gasteiger partial charge on any atom is 0.305 e. The predicted molar refractivity (Wildman–Crippen MR) is 121 cm³/mol. The second-order valence-corrected chi connectivity index (χ2v) is 8.34. The highest BCUT2D eigenvalue weighted by molar-refractivity contribution is 7.99. The van der Waals surface area contributed by atoms with Gasteiger partial charge in [-0.3, -0.25) is 9.10 Å². The number of aliphatic hydroxyl groups excluding tert-OH is 2. The van der Waals surface area contributed by atoms with E-state index in [1.165, 1.54) is 30.2 Å². The summed E-state index contributed by atoms with van der Waals surface area (Å²) < 4.78 is 15.3. The monoisotopic (exact) mass is 449 g/mol. The van der Waals surface area contributed by atoms with Gasteiger partial charge in [0.15, 0.2) is 0 Å². The molecule has 2 unspecified atom stereocenters. The van der Waals surface area contributed by atoms with Crippen LogP contribution in [0.5, 0.6) is 0 Å². The number of aliphatic hydroxyl groups is 2. The second kappa shape index (κ2) is 11.2. The molecular formula is C22H28FN3O4S. The van der Waals surface area contributed by atoms with E-state index in [9.17, 15) is 19.4 Å². The van der Waals surface area contributed by atoms with E-state index < -0.39 is 24.6 Å². The summed E-state index contributed by atoms with van der Waals surface area (Å²) in [4.78, 5) is 20.1. The van der Waals surface area contributed by atoms with Gasteiger partial charge >= 0.3 is 5.97 Å². The van der Waals surface area contributed by atoms with Crippen molar-refractivity contribution in [2.24, 2.45) is 0 Å². The molecule has 0 aliphatic rings. The first kappa shape index (κ1) is 24.8. The van der Waals surface area contributed by atoms with Gasteiger partial charge in [0.1, 0.15) is 5.82 Å². The zero-order chi connectivity index (χ0) is 23.1. The summed E-state index contributed by atoms with van der Waals surface area (Å²) in [6.07, 6.45) is 2.30. The molecule has 0 spiro atoms. The quantitative estimate of drug-likeness (QED) is 0.471. The summed E-state index contributed by atoms with van der Waals surface area (Å²) in [5, 5.41) is 28.8. The average Bonchev–Trinajstić information content (AvgIpc) is 2.70. The topological polar surface area (TPSA) is 107 Å². The molecule has 0 amide bonds. The van der Waals surface area contributed by atoms with Crippen LogP contribution in [0.4, 0.5) is 10.3 Å². The van der Waals surface area contributed by atoms with Crippen LogP contribution < -0.4 is 4.31 Å². The minimum Gasteiger partial charge on any atom is -0.481 e. The maximum atomic E-state index is 13.5. The van der Waals surface area contributed by atoms with E-state index in [-0.39, 0.29) is 18.2 Å². The lowest BCUT2D eigenvalue weighted by molar-refractivity contribution is -0.139. The van der Waals surface area contributed by atoms with Gasteiger partial charge in [-0.2, -0.15) is 0 Å². The summed E-state index contributed by atoms with van der Waals surface area (Å²) in [7, 11) is 1.85. The number of hydrogen-bond donors (Lipinski definition) is 3. The standard InChI is InChI=1S/C22H28FN3O4S/c1-13(2)20-18(10-9-16(27)11-17(28)12-19(29)30)21(14-5-7-15(23)8-6-14)25-22(24-20)26(3)31-4/h5-10,13,16-17,27-28H,11-12H2,1-4H3,(H,29,30)/b10-9+. The Morgan fingerprint density at radius 3 is 2.42 bits per heavy atom. The van der Waals surface area contributed by atoms with Crippen LogP contribution in [-0.2, 0) is 4.79 Å². The summed E-state index contributed by atoms with van der Waals surface area (Å²) in [6, 6.07) is 5.98. The van der Waals surface area contributed by atoms with Gasteiger partial charge in [-0.05, 0) is 30.2 Å². The molecule has 1 heterocycles. The number of nitrogens with zero attached hydrogens (tertiary/aromatic N) is 3. The van der Waals surface area contributed by atoms with Gasteiger partial charge in [-0.25, -0.2) is 14.4 Å². The molecule has 3 N–H and O–H groups in total. The molecule has 0 fully saturated rings. The number of hydrogen-bond acceptors (Lipinski definition) is 7. The van der Waals surface area contributed by atoms with E-state index in [2.05, 4.69) is 9.97 Å². The second-order valence-electron chi connectivity index (χ2n) is 7.43. The molecule has 1 aromatic carbocycles. The van der Waals surface area contributed by atoms with E-state index >= 15 is 0 Å². The van der Waals surface area contributed by atoms with Gasteiger partial charge in [0.25, 0.3) is 0 Å². The molecular weight excluding hydrogens is 421 g/mol. The highest BCUT2D eigenvalue weighted by Crippen LogP contribution is 2.32. The van der Waals surface area contributed by atoms with Gasteiger partial charge in [0, 0.05) is 30.9 Å². The molecule has 2 atom stereocenters. The number of benzene rings is 1. The van der Waals surface area contributed by atoms with Crippen molar-refractivity contribution in [3.63, 3.8) is 0 Å². The molecule has 0 saturated carbocycles. The number of aliphatic carboxylic acids is 1. The van der Waals surface area contributed by atoms with E-state index in [4.69, 9.17) is 5.11 Å². The number of carbonyl (C=O) groups is 1. The van der Waals surface area contributed by atoms with Crippen LogP contribution in [0.25, 0.3) is 17.3 Å². The molecule has 168 valence electrons. The van der Waals surface area contributed by atoms with Crippen LogP contribution in [0.15, 0.2) is 30.3 Å². The Kier molecular flexibility index (Phi) is 8.97. The molecule has 7 nitrogen and oxygen atoms in total. The van der Waals surface area contributed by atoms with Crippen molar-refractivity contribution in [2.75, 3.05) is 17.6 Å². The van der Waals surface area contributed by atoms with E-state index in [1.54, 1.807) is 18.2 Å². The SMILES string of the molecule is CSN(C)c1nc(-c2ccc(F)cc2)c(/C=C/C(O)CC(O)CC(=O)O)c(C(C)C)n1. The summed E-state index contributed by atoms with van der Waals surface area (Å²) in [5.74, 6) is -0.953. The average molecular weight is 450 g/mol. The first-order chi connectivity index (χ1) is 14.6. The van der Waals surface area contributed by atoms with Crippen LogP contribution in [0.1, 0.15) is 43.9 Å². The van der Waals surface area contributed by atoms with E-state index in [0.29, 0.717) is 22.8 Å². The third-order valence-electron chi connectivity index (χ3n) is 4.59. The summed E-state index contributed by atoms with van der Waals surface area (Å²) in [6.45, 7) is 3.98. The van der Waals surface area contributed by atoms with Crippen LogP contribution in [0, 0.1) is 5.82 Å². The van der Waals surface area contributed by atoms with Crippen molar-refractivity contribution in [1.82, 2.24) is 9.97 Å². The zero-order valence-corrected chi connectivity index (χ0v) is 18.8. The normalized spacial score (nSPS) is 13.5. The lowest BCUT2D eigenvalue weighted by Crippen LogP contribution is -2.19. The number of carboxylic acid groups (broad SMARTS) is 1. The highest BCUT2D eigenvalue weighted by atomic mass is 32.2. The van der Waals surface area contributed by atoms with Crippen molar-refractivity contribution < 1.29 is 24.5 Å². The molecule has 0 aliphatic carbocycles. The number of halogens is 1. The van der Waals surface area contributed by atoms with Crippen LogP contribution in [0.2, 0.25) is 0 Å². The Labute approximate surface area is 185 Å². The van der Waals surface area contributed by atoms with Gasteiger partial charge in [0.05, 0.1) is 30.0 Å². The lowest BCUT2D eigenvalue weighted by atomic mass is 9.97. The third kappa shape index (κ3) is 7.02. The summed E-state index contributed by atoms with van der Waals surface area (Å²) in [5.41, 5.74) is 2.71. The van der Waals surface area contributed by atoms with E-state index in [0.717, 1.165) is 5.69 Å². The summed E-state index contributed by atoms with van der Waals surface area (Å²) >= 11 is 1.45. The Hall–Kier alpha value is -2.49. The molecule has 0 radical (unpaired) electrons. The van der Waals surface area contributed by atoms with Crippen LogP contribution in [-0.4, -0.2) is 56.8 Å². The molecule has 2 rings (SSSR count). The number of aromatic nitrogens is 2. The molecule has 1 aromatic heterocycles. The molecule has 0 bridgehead atoms. The number of carboxylic acids is 1. The molecule has 2 aromatic rings. The van der Waals surface area contributed by atoms with Crippen molar-refractivity contribution >= 4 is 29.9 Å². The fourth-order valence-corrected chi connectivity index (χ4v) is 3.22. The predicted octanol–water partition coefficient (Wildman–Crippen LogP) is 3.72. The Morgan fingerprint density at radius 1 is 1.23 bits per heavy atom. The molecule has 9 heteroatoms.